The molecule has 2 heteroatoms. The molecule has 0 aliphatic heterocycles. The standard InChI is InChI=1S/C9H18O2/c1-3-4-8(10)9(11-2)7-5-6-7/h7-10H,3-6H2,1-2H3. The van der Waals surface area contributed by atoms with E-state index in [1.807, 2.05) is 0 Å². The van der Waals surface area contributed by atoms with Gasteiger partial charge >= 0.3 is 0 Å². The van der Waals surface area contributed by atoms with Crippen molar-refractivity contribution in [3.8, 4) is 0 Å². The molecule has 1 aliphatic rings. The van der Waals surface area contributed by atoms with Crippen molar-refractivity contribution in [2.75, 3.05) is 7.11 Å². The third-order valence-electron chi connectivity index (χ3n) is 2.32. The smallest absolute Gasteiger partial charge is 0.0858 e. The quantitative estimate of drug-likeness (QED) is 0.658. The van der Waals surface area contributed by atoms with Crippen LogP contribution in [0.1, 0.15) is 32.6 Å². The van der Waals surface area contributed by atoms with Crippen LogP contribution in [0.4, 0.5) is 0 Å². The molecule has 2 nitrogen and oxygen atoms in total. The Morgan fingerprint density at radius 1 is 1.55 bits per heavy atom. The van der Waals surface area contributed by atoms with Gasteiger partial charge in [-0.3, -0.25) is 0 Å². The molecule has 0 aromatic rings. The highest BCUT2D eigenvalue weighted by atomic mass is 16.5. The van der Waals surface area contributed by atoms with Gasteiger partial charge in [0.15, 0.2) is 0 Å². The Kier molecular flexibility index (Phi) is 3.34. The van der Waals surface area contributed by atoms with Gasteiger partial charge in [0.05, 0.1) is 12.2 Å². The molecule has 0 amide bonds. The topological polar surface area (TPSA) is 29.5 Å². The Bertz CT molecular complexity index is 110. The summed E-state index contributed by atoms with van der Waals surface area (Å²) in [6.45, 7) is 2.09. The number of hydrogen-bond donors (Lipinski definition) is 1. The van der Waals surface area contributed by atoms with Crippen molar-refractivity contribution >= 4 is 0 Å². The molecule has 11 heavy (non-hydrogen) atoms. The molecule has 0 heterocycles. The van der Waals surface area contributed by atoms with Gasteiger partial charge in [-0.25, -0.2) is 0 Å². The van der Waals surface area contributed by atoms with Gasteiger partial charge in [0.25, 0.3) is 0 Å². The summed E-state index contributed by atoms with van der Waals surface area (Å²) in [5.41, 5.74) is 0. The molecular weight excluding hydrogens is 140 g/mol. The van der Waals surface area contributed by atoms with Gasteiger partial charge in [-0.15, -0.1) is 0 Å². The van der Waals surface area contributed by atoms with Crippen molar-refractivity contribution in [3.63, 3.8) is 0 Å². The van der Waals surface area contributed by atoms with Crippen LogP contribution in [-0.4, -0.2) is 24.4 Å². The first kappa shape index (κ1) is 9.01. The van der Waals surface area contributed by atoms with Gasteiger partial charge in [-0.2, -0.15) is 0 Å². The normalized spacial score (nSPS) is 23.2. The zero-order valence-corrected chi connectivity index (χ0v) is 7.42. The molecular formula is C9H18O2. The first-order valence-electron chi connectivity index (χ1n) is 4.50. The highest BCUT2D eigenvalue weighted by Gasteiger charge is 2.35. The van der Waals surface area contributed by atoms with Crippen molar-refractivity contribution < 1.29 is 9.84 Å². The summed E-state index contributed by atoms with van der Waals surface area (Å²) in [6, 6.07) is 0. The highest BCUT2D eigenvalue weighted by Crippen LogP contribution is 2.36. The van der Waals surface area contributed by atoms with E-state index in [9.17, 15) is 5.11 Å². The second kappa shape index (κ2) is 4.07. The minimum atomic E-state index is -0.238. The Morgan fingerprint density at radius 3 is 2.55 bits per heavy atom. The van der Waals surface area contributed by atoms with E-state index in [1.54, 1.807) is 7.11 Å². The van der Waals surface area contributed by atoms with Gasteiger partial charge in [0.1, 0.15) is 0 Å². The molecule has 2 unspecified atom stereocenters. The highest BCUT2D eigenvalue weighted by molar-refractivity contribution is 4.86. The van der Waals surface area contributed by atoms with E-state index in [0.717, 1.165) is 12.8 Å². The Hall–Kier alpha value is -0.0800. The number of rotatable bonds is 5. The summed E-state index contributed by atoms with van der Waals surface area (Å²) >= 11 is 0. The molecule has 2 atom stereocenters. The molecule has 1 fully saturated rings. The largest absolute Gasteiger partial charge is 0.390 e. The molecule has 0 radical (unpaired) electrons. The number of aliphatic hydroxyl groups is 1. The van der Waals surface area contributed by atoms with E-state index < -0.39 is 0 Å². The van der Waals surface area contributed by atoms with Crippen LogP contribution < -0.4 is 0 Å². The van der Waals surface area contributed by atoms with E-state index in [2.05, 4.69) is 6.92 Å². The summed E-state index contributed by atoms with van der Waals surface area (Å²) in [4.78, 5) is 0. The molecule has 1 N–H and O–H groups in total. The van der Waals surface area contributed by atoms with E-state index in [4.69, 9.17) is 4.74 Å². The first-order valence-corrected chi connectivity index (χ1v) is 4.50. The van der Waals surface area contributed by atoms with Gasteiger partial charge in [-0.1, -0.05) is 13.3 Å². The number of aliphatic hydroxyl groups excluding tert-OH is 1. The maximum absolute atomic E-state index is 9.59. The van der Waals surface area contributed by atoms with Crippen LogP contribution in [-0.2, 0) is 4.74 Å². The van der Waals surface area contributed by atoms with Crippen molar-refractivity contribution in [1.29, 1.82) is 0 Å². The second-order valence-electron chi connectivity index (χ2n) is 3.39. The van der Waals surface area contributed by atoms with E-state index >= 15 is 0 Å². The zero-order chi connectivity index (χ0) is 8.27. The third kappa shape index (κ3) is 2.46. The van der Waals surface area contributed by atoms with Crippen LogP contribution >= 0.6 is 0 Å². The van der Waals surface area contributed by atoms with Gasteiger partial charge in [0, 0.05) is 7.11 Å². The molecule has 1 rings (SSSR count). The Labute approximate surface area is 68.6 Å². The Balaban J connectivity index is 2.27. The molecule has 66 valence electrons. The molecule has 0 spiro atoms. The summed E-state index contributed by atoms with van der Waals surface area (Å²) in [5.74, 6) is 0.640. The lowest BCUT2D eigenvalue weighted by Gasteiger charge is -2.20. The van der Waals surface area contributed by atoms with Crippen LogP contribution in [0.15, 0.2) is 0 Å². The van der Waals surface area contributed by atoms with Gasteiger partial charge in [0.2, 0.25) is 0 Å². The zero-order valence-electron chi connectivity index (χ0n) is 7.42. The van der Waals surface area contributed by atoms with Crippen molar-refractivity contribution in [2.24, 2.45) is 5.92 Å². The molecule has 0 bridgehead atoms. The molecule has 0 saturated heterocycles. The summed E-state index contributed by atoms with van der Waals surface area (Å²) in [7, 11) is 1.70. The number of methoxy groups -OCH3 is 1. The molecule has 1 aliphatic carbocycles. The lowest BCUT2D eigenvalue weighted by atomic mass is 10.1. The summed E-state index contributed by atoms with van der Waals surface area (Å²) < 4.78 is 5.24. The fraction of sp³-hybridized carbons (Fsp3) is 1.00. The van der Waals surface area contributed by atoms with Crippen LogP contribution in [0.5, 0.6) is 0 Å². The fourth-order valence-electron chi connectivity index (χ4n) is 1.55. The maximum atomic E-state index is 9.59. The SMILES string of the molecule is CCCC(O)C(OC)C1CC1. The van der Waals surface area contributed by atoms with Crippen LogP contribution in [0, 0.1) is 5.92 Å². The number of ether oxygens (including phenoxy) is 1. The second-order valence-corrected chi connectivity index (χ2v) is 3.39. The lowest BCUT2D eigenvalue weighted by molar-refractivity contribution is -0.0281. The summed E-state index contributed by atoms with van der Waals surface area (Å²) in [6.07, 6.45) is 4.24. The Morgan fingerprint density at radius 2 is 2.18 bits per heavy atom. The van der Waals surface area contributed by atoms with Gasteiger partial charge in [-0.05, 0) is 25.2 Å². The predicted molar refractivity (Wildman–Crippen MR) is 44.4 cm³/mol. The average Bonchev–Trinajstić information content (AvgIpc) is 2.73. The van der Waals surface area contributed by atoms with Crippen molar-refractivity contribution in [3.05, 3.63) is 0 Å². The van der Waals surface area contributed by atoms with Crippen molar-refractivity contribution in [2.45, 2.75) is 44.8 Å². The monoisotopic (exact) mass is 158 g/mol. The van der Waals surface area contributed by atoms with E-state index in [0.29, 0.717) is 5.92 Å². The number of hydrogen-bond acceptors (Lipinski definition) is 2. The fourth-order valence-corrected chi connectivity index (χ4v) is 1.55. The molecule has 0 aromatic carbocycles. The van der Waals surface area contributed by atoms with Gasteiger partial charge < -0.3 is 9.84 Å². The predicted octanol–water partition coefficient (Wildman–Crippen LogP) is 1.57. The minimum Gasteiger partial charge on any atom is -0.390 e. The van der Waals surface area contributed by atoms with Crippen LogP contribution in [0.2, 0.25) is 0 Å². The van der Waals surface area contributed by atoms with Crippen LogP contribution in [0.3, 0.4) is 0 Å². The molecule has 0 aromatic heterocycles. The first-order chi connectivity index (χ1) is 5.29. The molecule has 1 saturated carbocycles. The van der Waals surface area contributed by atoms with Crippen molar-refractivity contribution in [1.82, 2.24) is 0 Å². The lowest BCUT2D eigenvalue weighted by Crippen LogP contribution is -2.29. The minimum absolute atomic E-state index is 0.106. The average molecular weight is 158 g/mol. The van der Waals surface area contributed by atoms with E-state index in [1.165, 1.54) is 12.8 Å². The third-order valence-corrected chi connectivity index (χ3v) is 2.32. The summed E-state index contributed by atoms with van der Waals surface area (Å²) in [5, 5.41) is 9.59. The van der Waals surface area contributed by atoms with E-state index in [-0.39, 0.29) is 12.2 Å². The maximum Gasteiger partial charge on any atom is 0.0858 e. The van der Waals surface area contributed by atoms with Crippen LogP contribution in [0.25, 0.3) is 0 Å².